The SMILES string of the molecule is O=C(O)C1CCCCN1C(=O)NC1CC1. The lowest BCUT2D eigenvalue weighted by atomic mass is 10.0. The van der Waals surface area contributed by atoms with Gasteiger partial charge >= 0.3 is 12.0 Å². The molecule has 1 aliphatic carbocycles. The summed E-state index contributed by atoms with van der Waals surface area (Å²) in [6.45, 7) is 0.565. The van der Waals surface area contributed by atoms with E-state index in [2.05, 4.69) is 5.32 Å². The summed E-state index contributed by atoms with van der Waals surface area (Å²) in [7, 11) is 0. The molecular formula is C10H16N2O3. The van der Waals surface area contributed by atoms with Crippen LogP contribution in [-0.2, 0) is 4.79 Å². The van der Waals surface area contributed by atoms with E-state index < -0.39 is 12.0 Å². The van der Waals surface area contributed by atoms with E-state index in [1.807, 2.05) is 0 Å². The van der Waals surface area contributed by atoms with Gasteiger partial charge in [-0.1, -0.05) is 0 Å². The average Bonchev–Trinajstić information content (AvgIpc) is 3.01. The number of likely N-dealkylation sites (tertiary alicyclic amines) is 1. The van der Waals surface area contributed by atoms with Crippen LogP contribution < -0.4 is 5.32 Å². The second kappa shape index (κ2) is 4.08. The molecule has 2 fully saturated rings. The highest BCUT2D eigenvalue weighted by Gasteiger charge is 2.34. The maximum atomic E-state index is 11.7. The fourth-order valence-corrected chi connectivity index (χ4v) is 1.92. The van der Waals surface area contributed by atoms with Crippen LogP contribution in [0.2, 0.25) is 0 Å². The molecule has 0 aromatic heterocycles. The van der Waals surface area contributed by atoms with Crippen LogP contribution >= 0.6 is 0 Å². The van der Waals surface area contributed by atoms with Gasteiger partial charge in [0.1, 0.15) is 6.04 Å². The number of amides is 2. The summed E-state index contributed by atoms with van der Waals surface area (Å²) < 4.78 is 0. The van der Waals surface area contributed by atoms with Crippen LogP contribution in [0.15, 0.2) is 0 Å². The molecule has 1 heterocycles. The first-order chi connectivity index (χ1) is 7.18. The van der Waals surface area contributed by atoms with Crippen molar-refractivity contribution in [2.45, 2.75) is 44.2 Å². The highest BCUT2D eigenvalue weighted by atomic mass is 16.4. The van der Waals surface area contributed by atoms with Crippen LogP contribution in [0.3, 0.4) is 0 Å². The quantitative estimate of drug-likeness (QED) is 0.711. The molecule has 1 unspecified atom stereocenters. The normalized spacial score (nSPS) is 26.1. The molecule has 1 atom stereocenters. The Bertz CT molecular complexity index is 276. The van der Waals surface area contributed by atoms with Crippen molar-refractivity contribution < 1.29 is 14.7 Å². The second-order valence-electron chi connectivity index (χ2n) is 4.27. The number of hydrogen-bond acceptors (Lipinski definition) is 2. The number of carboxylic acid groups (broad SMARTS) is 1. The molecule has 84 valence electrons. The predicted octanol–water partition coefficient (Wildman–Crippen LogP) is 0.797. The molecule has 0 aromatic rings. The van der Waals surface area contributed by atoms with Gasteiger partial charge in [-0.15, -0.1) is 0 Å². The fourth-order valence-electron chi connectivity index (χ4n) is 1.92. The molecule has 2 rings (SSSR count). The van der Waals surface area contributed by atoms with Crippen molar-refractivity contribution in [2.24, 2.45) is 0 Å². The fraction of sp³-hybridized carbons (Fsp3) is 0.800. The van der Waals surface area contributed by atoms with Gasteiger partial charge in [-0.2, -0.15) is 0 Å². The first kappa shape index (κ1) is 10.3. The zero-order valence-corrected chi connectivity index (χ0v) is 8.61. The average molecular weight is 212 g/mol. The molecule has 2 N–H and O–H groups in total. The van der Waals surface area contributed by atoms with E-state index in [0.29, 0.717) is 13.0 Å². The van der Waals surface area contributed by atoms with Gasteiger partial charge < -0.3 is 15.3 Å². The van der Waals surface area contributed by atoms with Crippen molar-refractivity contribution in [3.05, 3.63) is 0 Å². The summed E-state index contributed by atoms with van der Waals surface area (Å²) in [6, 6.07) is -0.545. The lowest BCUT2D eigenvalue weighted by Gasteiger charge is -2.32. The van der Waals surface area contributed by atoms with E-state index in [4.69, 9.17) is 5.11 Å². The highest BCUT2D eigenvalue weighted by Crippen LogP contribution is 2.21. The monoisotopic (exact) mass is 212 g/mol. The van der Waals surface area contributed by atoms with Gasteiger partial charge in [-0.05, 0) is 32.1 Å². The molecule has 0 spiro atoms. The number of nitrogens with zero attached hydrogens (tertiary/aromatic N) is 1. The lowest BCUT2D eigenvalue weighted by Crippen LogP contribution is -2.52. The third-order valence-electron chi connectivity index (χ3n) is 2.95. The Kier molecular flexibility index (Phi) is 2.79. The molecule has 0 aromatic carbocycles. The van der Waals surface area contributed by atoms with E-state index in [9.17, 15) is 9.59 Å². The Balaban J connectivity index is 1.96. The summed E-state index contributed by atoms with van der Waals surface area (Å²) in [6.07, 6.45) is 4.42. The Labute approximate surface area is 88.4 Å². The summed E-state index contributed by atoms with van der Waals surface area (Å²) in [5.74, 6) is -0.888. The van der Waals surface area contributed by atoms with Gasteiger partial charge in [0.05, 0.1) is 0 Å². The Morgan fingerprint density at radius 3 is 2.53 bits per heavy atom. The molecule has 5 nitrogen and oxygen atoms in total. The number of carbonyl (C=O) groups is 2. The molecule has 2 aliphatic rings. The third kappa shape index (κ3) is 2.40. The summed E-state index contributed by atoms with van der Waals surface area (Å²) >= 11 is 0. The molecule has 1 saturated heterocycles. The number of nitrogens with one attached hydrogen (secondary N) is 1. The zero-order chi connectivity index (χ0) is 10.8. The molecule has 0 bridgehead atoms. The number of carboxylic acids is 1. The predicted molar refractivity (Wildman–Crippen MR) is 53.5 cm³/mol. The highest BCUT2D eigenvalue weighted by molar-refractivity contribution is 5.83. The van der Waals surface area contributed by atoms with Gasteiger partial charge in [0, 0.05) is 12.6 Å². The van der Waals surface area contributed by atoms with Crippen LogP contribution in [0.5, 0.6) is 0 Å². The standard InChI is InChI=1S/C10H16N2O3/c13-9(14)8-3-1-2-6-12(8)10(15)11-7-4-5-7/h7-8H,1-6H2,(H,11,15)(H,13,14). The topological polar surface area (TPSA) is 69.6 Å². The summed E-state index contributed by atoms with van der Waals surface area (Å²) in [5.41, 5.74) is 0. The van der Waals surface area contributed by atoms with Crippen molar-refractivity contribution in [1.29, 1.82) is 0 Å². The van der Waals surface area contributed by atoms with Crippen LogP contribution in [0, 0.1) is 0 Å². The first-order valence-electron chi connectivity index (χ1n) is 5.48. The first-order valence-corrected chi connectivity index (χ1v) is 5.48. The minimum absolute atomic E-state index is 0.204. The molecule has 0 radical (unpaired) electrons. The van der Waals surface area contributed by atoms with Gasteiger partial charge in [0.2, 0.25) is 0 Å². The number of rotatable bonds is 2. The Morgan fingerprint density at radius 2 is 1.93 bits per heavy atom. The summed E-state index contributed by atoms with van der Waals surface area (Å²) in [4.78, 5) is 24.1. The van der Waals surface area contributed by atoms with E-state index >= 15 is 0 Å². The number of hydrogen-bond donors (Lipinski definition) is 2. The van der Waals surface area contributed by atoms with Crippen LogP contribution in [0.1, 0.15) is 32.1 Å². The van der Waals surface area contributed by atoms with E-state index in [1.54, 1.807) is 0 Å². The number of carbonyl (C=O) groups excluding carboxylic acids is 1. The van der Waals surface area contributed by atoms with Crippen molar-refractivity contribution >= 4 is 12.0 Å². The minimum Gasteiger partial charge on any atom is -0.480 e. The van der Waals surface area contributed by atoms with Crippen LogP contribution in [0.4, 0.5) is 4.79 Å². The number of piperidine rings is 1. The maximum absolute atomic E-state index is 11.7. The van der Waals surface area contributed by atoms with E-state index in [-0.39, 0.29) is 12.1 Å². The zero-order valence-electron chi connectivity index (χ0n) is 8.61. The van der Waals surface area contributed by atoms with Crippen molar-refractivity contribution in [3.8, 4) is 0 Å². The molecule has 1 aliphatic heterocycles. The van der Waals surface area contributed by atoms with E-state index in [1.165, 1.54) is 4.90 Å². The van der Waals surface area contributed by atoms with Crippen molar-refractivity contribution in [2.75, 3.05) is 6.54 Å². The number of aliphatic carboxylic acids is 1. The van der Waals surface area contributed by atoms with Crippen molar-refractivity contribution in [1.82, 2.24) is 10.2 Å². The molecule has 5 heteroatoms. The minimum atomic E-state index is -0.888. The van der Waals surface area contributed by atoms with Crippen molar-refractivity contribution in [3.63, 3.8) is 0 Å². The smallest absolute Gasteiger partial charge is 0.326 e. The third-order valence-corrected chi connectivity index (χ3v) is 2.95. The van der Waals surface area contributed by atoms with Gasteiger partial charge in [0.25, 0.3) is 0 Å². The second-order valence-corrected chi connectivity index (χ2v) is 4.27. The Morgan fingerprint density at radius 1 is 1.20 bits per heavy atom. The van der Waals surface area contributed by atoms with Crippen LogP contribution in [0.25, 0.3) is 0 Å². The van der Waals surface area contributed by atoms with Gasteiger partial charge in [-0.25, -0.2) is 9.59 Å². The van der Waals surface area contributed by atoms with Gasteiger partial charge in [-0.3, -0.25) is 0 Å². The van der Waals surface area contributed by atoms with Gasteiger partial charge in [0.15, 0.2) is 0 Å². The molecular weight excluding hydrogens is 196 g/mol. The largest absolute Gasteiger partial charge is 0.480 e. The van der Waals surface area contributed by atoms with Crippen LogP contribution in [-0.4, -0.2) is 40.6 Å². The molecule has 2 amide bonds. The molecule has 15 heavy (non-hydrogen) atoms. The maximum Gasteiger partial charge on any atom is 0.326 e. The Hall–Kier alpha value is -1.26. The lowest BCUT2D eigenvalue weighted by molar-refractivity contribution is -0.143. The summed E-state index contributed by atoms with van der Waals surface area (Å²) in [5, 5.41) is 11.8. The van der Waals surface area contributed by atoms with E-state index in [0.717, 1.165) is 25.7 Å². The molecule has 1 saturated carbocycles. The number of urea groups is 1.